The lowest BCUT2D eigenvalue weighted by Crippen LogP contribution is -2.49. The second-order valence-corrected chi connectivity index (χ2v) is 11.1. The van der Waals surface area contributed by atoms with Crippen molar-refractivity contribution in [2.24, 2.45) is 0 Å². The lowest BCUT2D eigenvalue weighted by atomic mass is 10.1. The van der Waals surface area contributed by atoms with E-state index in [0.29, 0.717) is 67.2 Å². The second kappa shape index (κ2) is 10.1. The summed E-state index contributed by atoms with van der Waals surface area (Å²) in [6.45, 7) is 5.33. The molecule has 36 heavy (non-hydrogen) atoms. The molecule has 1 atom stereocenters. The van der Waals surface area contributed by atoms with Gasteiger partial charge in [-0.15, -0.1) is 0 Å². The van der Waals surface area contributed by atoms with Gasteiger partial charge in [-0.05, 0) is 24.4 Å². The lowest BCUT2D eigenvalue weighted by molar-refractivity contribution is 0.158. The Morgan fingerprint density at radius 2 is 2.00 bits per heavy atom. The number of anilines is 1. The number of sulfonamides is 1. The third kappa shape index (κ3) is 5.21. The van der Waals surface area contributed by atoms with E-state index in [2.05, 4.69) is 30.2 Å². The number of H-pyrrole nitrogens is 1. The van der Waals surface area contributed by atoms with Crippen LogP contribution in [0.1, 0.15) is 18.7 Å². The van der Waals surface area contributed by atoms with Crippen molar-refractivity contribution in [2.45, 2.75) is 13.0 Å². The van der Waals surface area contributed by atoms with Gasteiger partial charge in [0.1, 0.15) is 18.5 Å². The molecule has 0 saturated carbocycles. The van der Waals surface area contributed by atoms with Crippen molar-refractivity contribution >= 4 is 49.4 Å². The summed E-state index contributed by atoms with van der Waals surface area (Å²) >= 11 is 6.53. The van der Waals surface area contributed by atoms with Gasteiger partial charge in [0.05, 0.1) is 34.7 Å². The van der Waals surface area contributed by atoms with Crippen molar-refractivity contribution in [3.63, 3.8) is 0 Å². The molecule has 2 N–H and O–H groups in total. The van der Waals surface area contributed by atoms with Gasteiger partial charge in [0.15, 0.2) is 11.5 Å². The largest absolute Gasteiger partial charge is 0.476 e. The SMILES string of the molecule is C[C@H](Nc1ncnc2[nH]cnc12)c1cc2cccc(Cl)c2c(OCCN2CCN(S(C)(=O)=O)CC2)n1. The first-order valence-electron chi connectivity index (χ1n) is 11.6. The predicted octanol–water partition coefficient (Wildman–Crippen LogP) is 2.68. The van der Waals surface area contributed by atoms with Crippen LogP contribution in [0.5, 0.6) is 5.88 Å². The summed E-state index contributed by atoms with van der Waals surface area (Å²) in [5, 5.41) is 5.62. The fourth-order valence-corrected chi connectivity index (χ4v) is 5.37. The summed E-state index contributed by atoms with van der Waals surface area (Å²) < 4.78 is 31.2. The minimum absolute atomic E-state index is 0.199. The topological polar surface area (TPSA) is 129 Å². The number of hydrogen-bond donors (Lipinski definition) is 2. The van der Waals surface area contributed by atoms with Crippen LogP contribution in [0.15, 0.2) is 36.9 Å². The Kier molecular flexibility index (Phi) is 6.93. The van der Waals surface area contributed by atoms with E-state index in [4.69, 9.17) is 21.3 Å². The molecule has 0 radical (unpaired) electrons. The van der Waals surface area contributed by atoms with Gasteiger partial charge in [0, 0.05) is 32.7 Å². The van der Waals surface area contributed by atoms with Crippen LogP contribution in [0.4, 0.5) is 5.82 Å². The van der Waals surface area contributed by atoms with Gasteiger partial charge in [0.2, 0.25) is 15.9 Å². The van der Waals surface area contributed by atoms with E-state index in [1.54, 1.807) is 6.33 Å². The number of aromatic amines is 1. The number of benzene rings is 1. The van der Waals surface area contributed by atoms with E-state index in [1.807, 2.05) is 31.2 Å². The normalized spacial score (nSPS) is 16.4. The summed E-state index contributed by atoms with van der Waals surface area (Å²) in [6, 6.07) is 7.48. The minimum atomic E-state index is -3.16. The van der Waals surface area contributed by atoms with Crippen LogP contribution in [0.2, 0.25) is 5.02 Å². The maximum Gasteiger partial charge on any atom is 0.223 e. The third-order valence-electron chi connectivity index (χ3n) is 6.25. The summed E-state index contributed by atoms with van der Waals surface area (Å²) in [5.74, 6) is 1.07. The standard InChI is InChI=1S/C23H27ClN8O3S/c1-15(29-22-20-21(26-13-25-20)27-14-28-22)18-12-16-4-3-5-17(24)19(16)23(30-18)35-11-10-31-6-8-32(9-7-31)36(2,33)34/h3-5,12-15H,6-11H2,1-2H3,(H2,25,26,27,28,29)/t15-/m0/s1. The van der Waals surface area contributed by atoms with Crippen molar-refractivity contribution in [3.05, 3.63) is 47.6 Å². The number of rotatable bonds is 8. The van der Waals surface area contributed by atoms with Gasteiger partial charge in [0.25, 0.3) is 0 Å². The molecule has 1 aliphatic heterocycles. The van der Waals surface area contributed by atoms with Crippen LogP contribution in [0.3, 0.4) is 0 Å². The number of hydrogen-bond acceptors (Lipinski definition) is 9. The van der Waals surface area contributed by atoms with Crippen molar-refractivity contribution in [2.75, 3.05) is 50.9 Å². The Morgan fingerprint density at radius 1 is 1.19 bits per heavy atom. The summed E-state index contributed by atoms with van der Waals surface area (Å²) in [4.78, 5) is 22.8. The second-order valence-electron chi connectivity index (χ2n) is 8.73. The molecule has 5 rings (SSSR count). The molecule has 1 saturated heterocycles. The molecular weight excluding hydrogens is 504 g/mol. The number of fused-ring (bicyclic) bond motifs is 2. The molecule has 3 aromatic heterocycles. The number of imidazole rings is 1. The zero-order chi connectivity index (χ0) is 25.3. The van der Waals surface area contributed by atoms with Crippen LogP contribution >= 0.6 is 11.6 Å². The average Bonchev–Trinajstić information content (AvgIpc) is 3.34. The van der Waals surface area contributed by atoms with Crippen LogP contribution in [-0.4, -0.2) is 88.1 Å². The molecule has 13 heteroatoms. The van der Waals surface area contributed by atoms with Gasteiger partial charge in [-0.2, -0.15) is 4.31 Å². The molecule has 0 spiro atoms. The molecule has 0 aliphatic carbocycles. The highest BCUT2D eigenvalue weighted by Gasteiger charge is 2.23. The van der Waals surface area contributed by atoms with Crippen molar-refractivity contribution in [1.29, 1.82) is 0 Å². The Balaban J connectivity index is 1.32. The van der Waals surface area contributed by atoms with Gasteiger partial charge in [-0.25, -0.2) is 28.4 Å². The number of nitrogens with zero attached hydrogens (tertiary/aromatic N) is 6. The van der Waals surface area contributed by atoms with Gasteiger partial charge < -0.3 is 15.0 Å². The number of piperazine rings is 1. The fraction of sp³-hybridized carbons (Fsp3) is 0.391. The van der Waals surface area contributed by atoms with Gasteiger partial charge in [-0.1, -0.05) is 23.7 Å². The zero-order valence-electron chi connectivity index (χ0n) is 20.0. The predicted molar refractivity (Wildman–Crippen MR) is 139 cm³/mol. The van der Waals surface area contributed by atoms with E-state index in [-0.39, 0.29) is 6.04 Å². The summed E-state index contributed by atoms with van der Waals surface area (Å²) in [7, 11) is -3.16. The fourth-order valence-electron chi connectivity index (χ4n) is 4.28. The van der Waals surface area contributed by atoms with Gasteiger partial charge >= 0.3 is 0 Å². The zero-order valence-corrected chi connectivity index (χ0v) is 21.6. The molecule has 11 nitrogen and oxygen atoms in total. The van der Waals surface area contributed by atoms with E-state index in [9.17, 15) is 8.42 Å². The number of nitrogens with one attached hydrogen (secondary N) is 2. The molecule has 1 fully saturated rings. The minimum Gasteiger partial charge on any atom is -0.476 e. The Hall–Kier alpha value is -3.06. The molecule has 1 aromatic carbocycles. The highest BCUT2D eigenvalue weighted by atomic mass is 35.5. The van der Waals surface area contributed by atoms with Gasteiger partial charge in [-0.3, -0.25) is 4.90 Å². The van der Waals surface area contributed by atoms with Crippen LogP contribution in [-0.2, 0) is 10.0 Å². The van der Waals surface area contributed by atoms with Crippen molar-refractivity contribution in [1.82, 2.24) is 34.1 Å². The maximum absolute atomic E-state index is 11.7. The number of ether oxygens (including phenoxy) is 1. The highest BCUT2D eigenvalue weighted by molar-refractivity contribution is 7.88. The Morgan fingerprint density at radius 3 is 2.78 bits per heavy atom. The van der Waals surface area contributed by atoms with Crippen molar-refractivity contribution < 1.29 is 13.2 Å². The average molecular weight is 531 g/mol. The van der Waals surface area contributed by atoms with Crippen LogP contribution in [0.25, 0.3) is 21.9 Å². The third-order valence-corrected chi connectivity index (χ3v) is 7.87. The first kappa shape index (κ1) is 24.6. The molecule has 0 unspecified atom stereocenters. The molecule has 0 amide bonds. The monoisotopic (exact) mass is 530 g/mol. The smallest absolute Gasteiger partial charge is 0.223 e. The number of pyridine rings is 1. The molecule has 190 valence electrons. The van der Waals surface area contributed by atoms with E-state index >= 15 is 0 Å². The van der Waals surface area contributed by atoms with Crippen LogP contribution < -0.4 is 10.1 Å². The molecular formula is C23H27ClN8O3S. The summed E-state index contributed by atoms with van der Waals surface area (Å²) in [5.41, 5.74) is 2.07. The van der Waals surface area contributed by atoms with Crippen LogP contribution in [0, 0.1) is 0 Å². The first-order valence-corrected chi connectivity index (χ1v) is 13.8. The highest BCUT2D eigenvalue weighted by Crippen LogP contribution is 2.33. The molecule has 4 aromatic rings. The quantitative estimate of drug-likeness (QED) is 0.353. The van der Waals surface area contributed by atoms with E-state index < -0.39 is 10.0 Å². The molecule has 1 aliphatic rings. The maximum atomic E-state index is 11.7. The first-order chi connectivity index (χ1) is 17.3. The molecule has 0 bridgehead atoms. The van der Waals surface area contributed by atoms with Crippen molar-refractivity contribution in [3.8, 4) is 5.88 Å². The number of halogens is 1. The number of aromatic nitrogens is 5. The van der Waals surface area contributed by atoms with E-state index in [0.717, 1.165) is 16.5 Å². The Labute approximate surface area is 213 Å². The summed E-state index contributed by atoms with van der Waals surface area (Å²) in [6.07, 6.45) is 4.31. The lowest BCUT2D eigenvalue weighted by Gasteiger charge is -2.33. The Bertz CT molecular complexity index is 1490. The van der Waals surface area contributed by atoms with E-state index in [1.165, 1.54) is 16.9 Å². The molecule has 4 heterocycles.